The van der Waals surface area contributed by atoms with Gasteiger partial charge in [0.1, 0.15) is 5.75 Å². The highest BCUT2D eigenvalue weighted by Crippen LogP contribution is 2.29. The normalized spacial score (nSPS) is 14.1. The molecule has 5 rings (SSSR count). The number of rotatable bonds is 8. The van der Waals surface area contributed by atoms with Gasteiger partial charge in [0.05, 0.1) is 12.9 Å². The summed E-state index contributed by atoms with van der Waals surface area (Å²) >= 11 is 1.42. The number of thioether (sulfide) groups is 1. The van der Waals surface area contributed by atoms with Crippen molar-refractivity contribution in [3.8, 4) is 22.8 Å². The van der Waals surface area contributed by atoms with Crippen LogP contribution in [0.25, 0.3) is 17.1 Å². The Morgan fingerprint density at radius 3 is 2.47 bits per heavy atom. The maximum atomic E-state index is 13.1. The quantitative estimate of drug-likeness (QED) is 0.321. The predicted octanol–water partition coefficient (Wildman–Crippen LogP) is 4.91. The number of amides is 1. The Morgan fingerprint density at radius 1 is 1.00 bits per heavy atom. The first kappa shape index (κ1) is 24.1. The fourth-order valence-electron chi connectivity index (χ4n) is 4.56. The van der Waals surface area contributed by atoms with Gasteiger partial charge in [-0.3, -0.25) is 14.3 Å². The van der Waals surface area contributed by atoms with E-state index in [2.05, 4.69) is 45.5 Å². The van der Waals surface area contributed by atoms with Crippen LogP contribution in [0.15, 0.2) is 84.3 Å². The summed E-state index contributed by atoms with van der Waals surface area (Å²) in [5.41, 5.74) is 3.14. The molecule has 1 saturated heterocycles. The van der Waals surface area contributed by atoms with Crippen LogP contribution in [0.4, 0.5) is 0 Å². The number of carbonyl (C=O) groups excluding carboxylic acids is 1. The van der Waals surface area contributed by atoms with Gasteiger partial charge in [-0.1, -0.05) is 42.1 Å². The molecule has 0 saturated carbocycles. The first-order valence-electron chi connectivity index (χ1n) is 12.2. The number of methoxy groups -OCH3 is 1. The molecule has 0 bridgehead atoms. The van der Waals surface area contributed by atoms with Crippen molar-refractivity contribution in [3.63, 3.8) is 0 Å². The summed E-state index contributed by atoms with van der Waals surface area (Å²) in [4.78, 5) is 19.3. The van der Waals surface area contributed by atoms with E-state index < -0.39 is 0 Å². The average Bonchev–Trinajstić information content (AvgIpc) is 3.37. The lowest BCUT2D eigenvalue weighted by Gasteiger charge is -2.32. The molecule has 184 valence electrons. The monoisotopic (exact) mass is 499 g/mol. The number of likely N-dealkylation sites (tertiary alicyclic amines) is 1. The minimum Gasteiger partial charge on any atom is -0.497 e. The van der Waals surface area contributed by atoms with Crippen LogP contribution in [-0.4, -0.2) is 56.5 Å². The summed E-state index contributed by atoms with van der Waals surface area (Å²) in [5.74, 6) is 2.56. The zero-order valence-electron chi connectivity index (χ0n) is 20.3. The summed E-state index contributed by atoms with van der Waals surface area (Å²) in [6.07, 6.45) is 6.66. The van der Waals surface area contributed by atoms with Gasteiger partial charge < -0.3 is 9.64 Å². The SMILES string of the molecule is COc1ccc(-n2c(SCC(=O)N3CCC(Cc4ccccc4)CC3)nnc2-c2cccnc2)cc1. The predicted molar refractivity (Wildman–Crippen MR) is 141 cm³/mol. The third-order valence-electron chi connectivity index (χ3n) is 6.54. The van der Waals surface area contributed by atoms with Crippen LogP contribution in [0.1, 0.15) is 18.4 Å². The van der Waals surface area contributed by atoms with Crippen molar-refractivity contribution in [2.75, 3.05) is 26.0 Å². The van der Waals surface area contributed by atoms with Crippen molar-refractivity contribution in [2.45, 2.75) is 24.4 Å². The highest BCUT2D eigenvalue weighted by atomic mass is 32.2. The van der Waals surface area contributed by atoms with Crippen LogP contribution in [0.3, 0.4) is 0 Å². The fraction of sp³-hybridized carbons (Fsp3) is 0.286. The molecule has 1 aliphatic heterocycles. The van der Waals surface area contributed by atoms with Crippen molar-refractivity contribution in [1.29, 1.82) is 0 Å². The molecule has 1 aliphatic rings. The fourth-order valence-corrected chi connectivity index (χ4v) is 5.42. The van der Waals surface area contributed by atoms with Crippen molar-refractivity contribution < 1.29 is 9.53 Å². The van der Waals surface area contributed by atoms with Crippen LogP contribution >= 0.6 is 11.8 Å². The molecule has 0 spiro atoms. The lowest BCUT2D eigenvalue weighted by molar-refractivity contribution is -0.129. The van der Waals surface area contributed by atoms with Crippen LogP contribution in [0, 0.1) is 5.92 Å². The molecule has 2 aromatic heterocycles. The number of hydrogen-bond acceptors (Lipinski definition) is 6. The summed E-state index contributed by atoms with van der Waals surface area (Å²) in [5, 5.41) is 9.55. The molecule has 1 amide bonds. The maximum Gasteiger partial charge on any atom is 0.233 e. The van der Waals surface area contributed by atoms with Gasteiger partial charge in [-0.05, 0) is 67.1 Å². The Balaban J connectivity index is 1.26. The first-order valence-corrected chi connectivity index (χ1v) is 13.1. The van der Waals surface area contributed by atoms with Crippen LogP contribution in [0.5, 0.6) is 5.75 Å². The minimum absolute atomic E-state index is 0.144. The third kappa shape index (κ3) is 5.60. The van der Waals surface area contributed by atoms with Gasteiger partial charge in [0.2, 0.25) is 5.91 Å². The highest BCUT2D eigenvalue weighted by molar-refractivity contribution is 7.99. The standard InChI is InChI=1S/C28H29N5O2S/c1-35-25-11-9-24(10-12-25)33-27(23-8-5-15-29-19-23)30-31-28(33)36-20-26(34)32-16-13-22(14-17-32)18-21-6-3-2-4-7-21/h2-12,15,19,22H,13-14,16-18,20H2,1H3. The summed E-state index contributed by atoms with van der Waals surface area (Å²) in [6.45, 7) is 1.62. The number of aromatic nitrogens is 4. The van der Waals surface area contributed by atoms with Gasteiger partial charge >= 0.3 is 0 Å². The Morgan fingerprint density at radius 2 is 1.78 bits per heavy atom. The molecule has 36 heavy (non-hydrogen) atoms. The van der Waals surface area contributed by atoms with Crippen molar-refractivity contribution >= 4 is 17.7 Å². The molecule has 0 N–H and O–H groups in total. The smallest absolute Gasteiger partial charge is 0.233 e. The lowest BCUT2D eigenvalue weighted by atomic mass is 9.90. The third-order valence-corrected chi connectivity index (χ3v) is 7.46. The largest absolute Gasteiger partial charge is 0.497 e. The molecule has 7 nitrogen and oxygen atoms in total. The topological polar surface area (TPSA) is 73.1 Å². The van der Waals surface area contributed by atoms with E-state index in [4.69, 9.17) is 4.74 Å². The lowest BCUT2D eigenvalue weighted by Crippen LogP contribution is -2.39. The molecule has 0 atom stereocenters. The van der Waals surface area contributed by atoms with Crippen LogP contribution in [0.2, 0.25) is 0 Å². The molecule has 0 radical (unpaired) electrons. The van der Waals surface area contributed by atoms with Gasteiger partial charge in [-0.2, -0.15) is 0 Å². The van der Waals surface area contributed by atoms with E-state index in [-0.39, 0.29) is 5.91 Å². The van der Waals surface area contributed by atoms with Gasteiger partial charge in [-0.25, -0.2) is 0 Å². The number of carbonyl (C=O) groups is 1. The van der Waals surface area contributed by atoms with E-state index in [1.807, 2.05) is 45.9 Å². The Bertz CT molecular complexity index is 1270. The number of pyridine rings is 1. The second kappa shape index (κ2) is 11.4. The molecule has 0 aliphatic carbocycles. The Kier molecular flexibility index (Phi) is 7.61. The molecule has 0 unspecified atom stereocenters. The molecular weight excluding hydrogens is 470 g/mol. The van der Waals surface area contributed by atoms with Crippen LogP contribution in [-0.2, 0) is 11.2 Å². The zero-order valence-corrected chi connectivity index (χ0v) is 21.1. The Hall–Kier alpha value is -3.65. The summed E-state index contributed by atoms with van der Waals surface area (Å²) in [6, 6.07) is 22.2. The number of piperidine rings is 1. The van der Waals surface area contributed by atoms with Crippen molar-refractivity contribution in [1.82, 2.24) is 24.6 Å². The minimum atomic E-state index is 0.144. The summed E-state index contributed by atoms with van der Waals surface area (Å²) in [7, 11) is 1.65. The number of ether oxygens (including phenoxy) is 1. The molecule has 8 heteroatoms. The second-order valence-corrected chi connectivity index (χ2v) is 9.83. The van der Waals surface area contributed by atoms with Gasteiger partial charge in [0, 0.05) is 36.7 Å². The van der Waals surface area contributed by atoms with E-state index in [0.29, 0.717) is 22.7 Å². The van der Waals surface area contributed by atoms with Crippen LogP contribution < -0.4 is 4.74 Å². The average molecular weight is 500 g/mol. The molecule has 4 aromatic rings. The Labute approximate surface area is 215 Å². The molecule has 2 aromatic carbocycles. The second-order valence-electron chi connectivity index (χ2n) is 8.88. The van der Waals surface area contributed by atoms with Crippen molar-refractivity contribution in [3.05, 3.63) is 84.7 Å². The van der Waals surface area contributed by atoms with Gasteiger partial charge in [-0.15, -0.1) is 10.2 Å². The van der Waals surface area contributed by atoms with E-state index in [9.17, 15) is 4.79 Å². The van der Waals surface area contributed by atoms with Gasteiger partial charge in [0.25, 0.3) is 0 Å². The molecule has 3 heterocycles. The van der Waals surface area contributed by atoms with E-state index >= 15 is 0 Å². The van der Waals surface area contributed by atoms with E-state index in [1.165, 1.54) is 17.3 Å². The molecule has 1 fully saturated rings. The van der Waals surface area contributed by atoms with E-state index in [1.54, 1.807) is 19.5 Å². The van der Waals surface area contributed by atoms with Gasteiger partial charge in [0.15, 0.2) is 11.0 Å². The number of hydrogen-bond donors (Lipinski definition) is 0. The zero-order chi connectivity index (χ0) is 24.7. The highest BCUT2D eigenvalue weighted by Gasteiger charge is 2.24. The summed E-state index contributed by atoms with van der Waals surface area (Å²) < 4.78 is 7.29. The first-order chi connectivity index (χ1) is 17.7. The number of benzene rings is 2. The van der Waals surface area contributed by atoms with E-state index in [0.717, 1.165) is 49.4 Å². The van der Waals surface area contributed by atoms with Crippen molar-refractivity contribution in [2.24, 2.45) is 5.92 Å². The molecular formula is C28H29N5O2S. The maximum absolute atomic E-state index is 13.1. The number of nitrogens with zero attached hydrogens (tertiary/aromatic N) is 5.